The largest absolute Gasteiger partial charge is 0.489 e. The summed E-state index contributed by atoms with van der Waals surface area (Å²) in [5.41, 5.74) is 2.03. The van der Waals surface area contributed by atoms with E-state index in [1.165, 1.54) is 0 Å². The van der Waals surface area contributed by atoms with Crippen LogP contribution in [-0.4, -0.2) is 21.7 Å². The van der Waals surface area contributed by atoms with Crippen molar-refractivity contribution in [3.05, 3.63) is 23.5 Å². The molecule has 0 amide bonds. The van der Waals surface area contributed by atoms with Gasteiger partial charge in [-0.1, -0.05) is 22.6 Å². The zero-order valence-corrected chi connectivity index (χ0v) is 11.1. The van der Waals surface area contributed by atoms with Crippen molar-refractivity contribution in [1.29, 1.82) is 0 Å². The van der Waals surface area contributed by atoms with E-state index in [9.17, 15) is 0 Å². The van der Waals surface area contributed by atoms with Crippen LogP contribution in [0.5, 0.6) is 5.75 Å². The van der Waals surface area contributed by atoms with Crippen LogP contribution in [0.15, 0.2) is 12.1 Å². The lowest BCUT2D eigenvalue weighted by atomic mass is 10.3. The van der Waals surface area contributed by atoms with Crippen LogP contribution >= 0.6 is 22.6 Å². The molecule has 0 saturated carbocycles. The highest BCUT2D eigenvalue weighted by molar-refractivity contribution is 14.1. The monoisotopic (exact) mass is 318 g/mol. The minimum Gasteiger partial charge on any atom is -0.489 e. The number of halogens is 1. The Balaban J connectivity index is 2.04. The lowest BCUT2D eigenvalue weighted by Gasteiger charge is -2.13. The summed E-state index contributed by atoms with van der Waals surface area (Å²) in [5, 5.41) is 3.37. The smallest absolute Gasteiger partial charge is 0.123 e. The summed E-state index contributed by atoms with van der Waals surface area (Å²) >= 11 is 2.40. The molecular formula is C11H15IN2O. The Morgan fingerprint density at radius 3 is 2.60 bits per heavy atom. The molecule has 1 aliphatic rings. The molecule has 1 fully saturated rings. The van der Waals surface area contributed by atoms with Crippen molar-refractivity contribution in [1.82, 2.24) is 10.3 Å². The number of rotatable bonds is 2. The summed E-state index contributed by atoms with van der Waals surface area (Å²) in [7, 11) is 0. The van der Waals surface area contributed by atoms with E-state index in [1.54, 1.807) is 0 Å². The SMILES string of the molecule is Cc1cc(O[C@H]2CN[C@@H](I)C2)cc(C)n1. The maximum Gasteiger partial charge on any atom is 0.123 e. The van der Waals surface area contributed by atoms with Crippen molar-refractivity contribution in [3.63, 3.8) is 0 Å². The Morgan fingerprint density at radius 1 is 1.40 bits per heavy atom. The second-order valence-electron chi connectivity index (χ2n) is 3.94. The first-order valence-corrected chi connectivity index (χ1v) is 6.37. The van der Waals surface area contributed by atoms with Gasteiger partial charge in [-0.25, -0.2) is 0 Å². The van der Waals surface area contributed by atoms with Crippen LogP contribution in [0.4, 0.5) is 0 Å². The van der Waals surface area contributed by atoms with Crippen LogP contribution in [0.2, 0.25) is 0 Å². The van der Waals surface area contributed by atoms with Crippen molar-refractivity contribution in [2.45, 2.75) is 30.4 Å². The van der Waals surface area contributed by atoms with Crippen LogP contribution in [0.1, 0.15) is 17.8 Å². The van der Waals surface area contributed by atoms with Gasteiger partial charge in [0, 0.05) is 36.5 Å². The number of aromatic nitrogens is 1. The summed E-state index contributed by atoms with van der Waals surface area (Å²) in [4.78, 5) is 4.33. The Labute approximate surface area is 104 Å². The van der Waals surface area contributed by atoms with E-state index in [4.69, 9.17) is 4.74 Å². The molecule has 1 saturated heterocycles. The summed E-state index contributed by atoms with van der Waals surface area (Å²) < 4.78 is 6.44. The average molecular weight is 318 g/mol. The number of pyridine rings is 1. The molecule has 82 valence electrons. The van der Waals surface area contributed by atoms with Gasteiger partial charge in [0.25, 0.3) is 0 Å². The number of ether oxygens (including phenoxy) is 1. The van der Waals surface area contributed by atoms with Gasteiger partial charge in [-0.05, 0) is 13.8 Å². The topological polar surface area (TPSA) is 34.1 Å². The van der Waals surface area contributed by atoms with E-state index in [2.05, 4.69) is 32.9 Å². The maximum atomic E-state index is 5.90. The molecule has 1 aromatic rings. The lowest BCUT2D eigenvalue weighted by molar-refractivity contribution is 0.222. The van der Waals surface area contributed by atoms with E-state index in [0.717, 1.165) is 30.1 Å². The van der Waals surface area contributed by atoms with Crippen molar-refractivity contribution < 1.29 is 4.74 Å². The fourth-order valence-corrected chi connectivity index (χ4v) is 2.62. The van der Waals surface area contributed by atoms with Crippen LogP contribution in [0, 0.1) is 13.8 Å². The minimum atomic E-state index is 0.299. The van der Waals surface area contributed by atoms with Crippen LogP contribution in [-0.2, 0) is 0 Å². The third-order valence-corrected chi connectivity index (χ3v) is 3.34. The summed E-state index contributed by atoms with van der Waals surface area (Å²) in [6, 6.07) is 3.99. The van der Waals surface area contributed by atoms with Crippen molar-refractivity contribution >= 4 is 22.6 Å². The van der Waals surface area contributed by atoms with Gasteiger partial charge in [0.15, 0.2) is 0 Å². The Morgan fingerprint density at radius 2 is 2.07 bits per heavy atom. The van der Waals surface area contributed by atoms with Gasteiger partial charge in [-0.3, -0.25) is 4.98 Å². The molecule has 15 heavy (non-hydrogen) atoms. The molecule has 0 spiro atoms. The van der Waals surface area contributed by atoms with Crippen molar-refractivity contribution in [3.8, 4) is 5.75 Å². The standard InChI is InChI=1S/C11H15IN2O/c1-7-3-9(4-8(2)14-7)15-10-5-11(12)13-6-10/h3-4,10-11,13H,5-6H2,1-2H3/t10-,11-/m1/s1. The highest BCUT2D eigenvalue weighted by atomic mass is 127. The van der Waals surface area contributed by atoms with E-state index in [-0.39, 0.29) is 0 Å². The number of hydrogen-bond donors (Lipinski definition) is 1. The van der Waals surface area contributed by atoms with Gasteiger partial charge in [-0.2, -0.15) is 0 Å². The van der Waals surface area contributed by atoms with Gasteiger partial charge in [0.05, 0.1) is 4.05 Å². The molecule has 0 aliphatic carbocycles. The highest BCUT2D eigenvalue weighted by Crippen LogP contribution is 2.20. The van der Waals surface area contributed by atoms with E-state index in [0.29, 0.717) is 10.2 Å². The molecule has 1 aromatic heterocycles. The third kappa shape index (κ3) is 3.04. The van der Waals surface area contributed by atoms with E-state index < -0.39 is 0 Å². The quantitative estimate of drug-likeness (QED) is 0.516. The lowest BCUT2D eigenvalue weighted by Crippen LogP contribution is -2.20. The molecule has 2 rings (SSSR count). The van der Waals surface area contributed by atoms with E-state index in [1.807, 2.05) is 26.0 Å². The van der Waals surface area contributed by atoms with Gasteiger partial charge < -0.3 is 10.1 Å². The molecule has 3 nitrogen and oxygen atoms in total. The molecule has 2 heterocycles. The molecule has 0 bridgehead atoms. The fraction of sp³-hybridized carbons (Fsp3) is 0.545. The molecule has 1 aliphatic heterocycles. The van der Waals surface area contributed by atoms with Gasteiger partial charge in [-0.15, -0.1) is 0 Å². The Bertz CT molecular complexity index is 336. The molecule has 0 radical (unpaired) electrons. The first kappa shape index (κ1) is 11.1. The molecule has 4 heteroatoms. The Hall–Kier alpha value is -0.360. The number of hydrogen-bond acceptors (Lipinski definition) is 3. The fourth-order valence-electron chi connectivity index (χ4n) is 1.80. The summed E-state index contributed by atoms with van der Waals surface area (Å²) in [6.45, 7) is 4.93. The minimum absolute atomic E-state index is 0.299. The third-order valence-electron chi connectivity index (χ3n) is 2.39. The number of nitrogens with one attached hydrogen (secondary N) is 1. The number of alkyl halides is 1. The first-order valence-electron chi connectivity index (χ1n) is 5.13. The molecule has 2 atom stereocenters. The molecule has 1 N–H and O–H groups in total. The summed E-state index contributed by atoms with van der Waals surface area (Å²) in [5.74, 6) is 0.942. The van der Waals surface area contributed by atoms with Crippen molar-refractivity contribution in [2.75, 3.05) is 6.54 Å². The zero-order chi connectivity index (χ0) is 10.8. The number of aryl methyl sites for hydroxylation is 2. The van der Waals surface area contributed by atoms with Gasteiger partial charge in [0.1, 0.15) is 11.9 Å². The predicted octanol–water partition coefficient (Wildman–Crippen LogP) is 2.20. The van der Waals surface area contributed by atoms with E-state index >= 15 is 0 Å². The predicted molar refractivity (Wildman–Crippen MR) is 68.6 cm³/mol. The maximum absolute atomic E-state index is 5.90. The normalized spacial score (nSPS) is 25.5. The van der Waals surface area contributed by atoms with Crippen LogP contribution < -0.4 is 10.1 Å². The highest BCUT2D eigenvalue weighted by Gasteiger charge is 2.23. The number of nitrogens with zero attached hydrogens (tertiary/aromatic N) is 1. The van der Waals surface area contributed by atoms with Crippen LogP contribution in [0.3, 0.4) is 0 Å². The van der Waals surface area contributed by atoms with Gasteiger partial charge in [0.2, 0.25) is 0 Å². The average Bonchev–Trinajstić information content (AvgIpc) is 2.49. The zero-order valence-electron chi connectivity index (χ0n) is 8.96. The molecule has 0 unspecified atom stereocenters. The van der Waals surface area contributed by atoms with Crippen molar-refractivity contribution in [2.24, 2.45) is 0 Å². The van der Waals surface area contributed by atoms with Crippen LogP contribution in [0.25, 0.3) is 0 Å². The summed E-state index contributed by atoms with van der Waals surface area (Å²) in [6.07, 6.45) is 1.37. The second-order valence-corrected chi connectivity index (χ2v) is 5.44. The second kappa shape index (κ2) is 4.65. The first-order chi connectivity index (χ1) is 7.13. The van der Waals surface area contributed by atoms with Gasteiger partial charge >= 0.3 is 0 Å². The molecular weight excluding hydrogens is 303 g/mol. The molecule has 0 aromatic carbocycles. The Kier molecular flexibility index (Phi) is 3.45.